The molecule has 0 fully saturated rings. The van der Waals surface area contributed by atoms with Crippen LogP contribution in [0.4, 0.5) is 0 Å². The Morgan fingerprint density at radius 2 is 1.76 bits per heavy atom. The van der Waals surface area contributed by atoms with Crippen molar-refractivity contribution in [1.29, 1.82) is 0 Å². The van der Waals surface area contributed by atoms with Gasteiger partial charge < -0.3 is 9.84 Å². The van der Waals surface area contributed by atoms with Gasteiger partial charge in [0.15, 0.2) is 0 Å². The summed E-state index contributed by atoms with van der Waals surface area (Å²) in [4.78, 5) is 11.7. The molecular weight excluding hydrogens is 216 g/mol. The molecule has 2 unspecified atom stereocenters. The monoisotopic (exact) mass is 236 g/mol. The molecule has 1 rings (SSSR count). The van der Waals surface area contributed by atoms with Crippen molar-refractivity contribution in [2.24, 2.45) is 11.8 Å². The number of carbonyl (C=O) groups is 1. The number of methoxy groups -OCH3 is 1. The Morgan fingerprint density at radius 1 is 1.24 bits per heavy atom. The second kappa shape index (κ2) is 5.82. The molecule has 1 aromatic carbocycles. The lowest BCUT2D eigenvalue weighted by Crippen LogP contribution is -2.28. The number of esters is 1. The molecule has 0 aromatic heterocycles. The first-order valence-corrected chi connectivity index (χ1v) is 5.79. The Bertz CT molecular complexity index is 368. The molecule has 3 nitrogen and oxygen atoms in total. The van der Waals surface area contributed by atoms with Crippen molar-refractivity contribution >= 4 is 5.97 Å². The highest BCUT2D eigenvalue weighted by molar-refractivity contribution is 5.73. The molecule has 2 atom stereocenters. The molecular formula is C14H20O3. The predicted molar refractivity (Wildman–Crippen MR) is 66.5 cm³/mol. The van der Waals surface area contributed by atoms with Crippen molar-refractivity contribution in [2.45, 2.75) is 26.9 Å². The molecule has 17 heavy (non-hydrogen) atoms. The second-order valence-electron chi connectivity index (χ2n) is 4.65. The van der Waals surface area contributed by atoms with Crippen LogP contribution in [0.5, 0.6) is 0 Å². The summed E-state index contributed by atoms with van der Waals surface area (Å²) in [6.45, 7) is 5.79. The van der Waals surface area contributed by atoms with Gasteiger partial charge in [-0.25, -0.2) is 0 Å². The second-order valence-corrected chi connectivity index (χ2v) is 4.65. The smallest absolute Gasteiger partial charge is 0.311 e. The number of benzene rings is 1. The summed E-state index contributed by atoms with van der Waals surface area (Å²) < 4.78 is 4.74. The molecule has 0 saturated carbocycles. The minimum Gasteiger partial charge on any atom is -0.469 e. The topological polar surface area (TPSA) is 46.5 Å². The maximum atomic E-state index is 11.7. The lowest BCUT2D eigenvalue weighted by Gasteiger charge is -2.24. The van der Waals surface area contributed by atoms with Crippen LogP contribution < -0.4 is 0 Å². The van der Waals surface area contributed by atoms with Gasteiger partial charge in [0.1, 0.15) is 0 Å². The van der Waals surface area contributed by atoms with Crippen molar-refractivity contribution < 1.29 is 14.6 Å². The SMILES string of the molecule is COC(=O)C(C(C)C)C(O)c1ccc(C)cc1. The van der Waals surface area contributed by atoms with E-state index in [4.69, 9.17) is 4.74 Å². The Kier molecular flexibility index (Phi) is 4.70. The van der Waals surface area contributed by atoms with E-state index >= 15 is 0 Å². The molecule has 94 valence electrons. The molecule has 0 spiro atoms. The number of aliphatic hydroxyl groups excluding tert-OH is 1. The van der Waals surface area contributed by atoms with E-state index in [9.17, 15) is 9.90 Å². The number of hydrogen-bond donors (Lipinski definition) is 1. The summed E-state index contributed by atoms with van der Waals surface area (Å²) in [5.74, 6) is -0.866. The van der Waals surface area contributed by atoms with E-state index in [2.05, 4.69) is 0 Å². The lowest BCUT2D eigenvalue weighted by molar-refractivity contribution is -0.152. The van der Waals surface area contributed by atoms with Gasteiger partial charge in [0.25, 0.3) is 0 Å². The molecule has 0 radical (unpaired) electrons. The third-order valence-corrected chi connectivity index (χ3v) is 2.95. The Labute approximate surface area is 102 Å². The minimum atomic E-state index is -0.817. The highest BCUT2D eigenvalue weighted by atomic mass is 16.5. The van der Waals surface area contributed by atoms with E-state index in [1.54, 1.807) is 0 Å². The fraction of sp³-hybridized carbons (Fsp3) is 0.500. The molecule has 0 amide bonds. The highest BCUT2D eigenvalue weighted by Crippen LogP contribution is 2.29. The third kappa shape index (κ3) is 3.30. The number of hydrogen-bond acceptors (Lipinski definition) is 3. The molecule has 0 heterocycles. The maximum absolute atomic E-state index is 11.7. The standard InChI is InChI=1S/C14H20O3/c1-9(2)12(14(16)17-4)13(15)11-7-5-10(3)6-8-11/h5-9,12-13,15H,1-4H3. The van der Waals surface area contributed by atoms with Crippen LogP contribution in [0, 0.1) is 18.8 Å². The van der Waals surface area contributed by atoms with Crippen LogP contribution in [-0.2, 0) is 9.53 Å². The van der Waals surface area contributed by atoms with Crippen LogP contribution in [0.1, 0.15) is 31.1 Å². The molecule has 0 bridgehead atoms. The quantitative estimate of drug-likeness (QED) is 0.817. The Hall–Kier alpha value is -1.35. The average Bonchev–Trinajstić information content (AvgIpc) is 2.29. The third-order valence-electron chi connectivity index (χ3n) is 2.95. The van der Waals surface area contributed by atoms with Gasteiger partial charge in [-0.3, -0.25) is 4.79 Å². The van der Waals surface area contributed by atoms with Gasteiger partial charge in [0.2, 0.25) is 0 Å². The first-order valence-electron chi connectivity index (χ1n) is 5.79. The number of carbonyl (C=O) groups excluding carboxylic acids is 1. The average molecular weight is 236 g/mol. The van der Waals surface area contributed by atoms with Gasteiger partial charge in [-0.1, -0.05) is 43.7 Å². The molecule has 0 aliphatic rings. The van der Waals surface area contributed by atoms with Crippen LogP contribution in [0.25, 0.3) is 0 Å². The summed E-state index contributed by atoms with van der Waals surface area (Å²) in [5, 5.41) is 10.2. The van der Waals surface area contributed by atoms with Gasteiger partial charge in [-0.15, -0.1) is 0 Å². The molecule has 0 aliphatic carbocycles. The number of aryl methyl sites for hydroxylation is 1. The van der Waals surface area contributed by atoms with E-state index in [1.807, 2.05) is 45.0 Å². The van der Waals surface area contributed by atoms with E-state index in [0.717, 1.165) is 11.1 Å². The fourth-order valence-corrected chi connectivity index (χ4v) is 1.87. The first kappa shape index (κ1) is 13.7. The van der Waals surface area contributed by atoms with E-state index < -0.39 is 12.0 Å². The molecule has 1 aromatic rings. The largest absolute Gasteiger partial charge is 0.469 e. The zero-order chi connectivity index (χ0) is 13.0. The van der Waals surface area contributed by atoms with Crippen LogP contribution in [0.15, 0.2) is 24.3 Å². The molecule has 1 N–H and O–H groups in total. The van der Waals surface area contributed by atoms with Crippen molar-refractivity contribution in [3.63, 3.8) is 0 Å². The van der Waals surface area contributed by atoms with Crippen LogP contribution in [0.2, 0.25) is 0 Å². The lowest BCUT2D eigenvalue weighted by atomic mass is 9.86. The van der Waals surface area contributed by atoms with Crippen LogP contribution >= 0.6 is 0 Å². The molecule has 0 aliphatic heterocycles. The molecule has 3 heteroatoms. The number of rotatable bonds is 4. The Balaban J connectivity index is 2.95. The highest BCUT2D eigenvalue weighted by Gasteiger charge is 2.31. The van der Waals surface area contributed by atoms with Crippen molar-refractivity contribution in [2.75, 3.05) is 7.11 Å². The van der Waals surface area contributed by atoms with E-state index in [0.29, 0.717) is 0 Å². The van der Waals surface area contributed by atoms with Crippen LogP contribution in [-0.4, -0.2) is 18.2 Å². The summed E-state index contributed by atoms with van der Waals surface area (Å²) >= 11 is 0. The minimum absolute atomic E-state index is 0.0266. The summed E-state index contributed by atoms with van der Waals surface area (Å²) in [6, 6.07) is 7.54. The summed E-state index contributed by atoms with van der Waals surface area (Å²) in [7, 11) is 1.35. The zero-order valence-electron chi connectivity index (χ0n) is 10.8. The summed E-state index contributed by atoms with van der Waals surface area (Å²) in [6.07, 6.45) is -0.817. The zero-order valence-corrected chi connectivity index (χ0v) is 10.8. The molecule has 0 saturated heterocycles. The predicted octanol–water partition coefficient (Wildman–Crippen LogP) is 2.47. The van der Waals surface area contributed by atoms with Crippen molar-refractivity contribution in [3.8, 4) is 0 Å². The van der Waals surface area contributed by atoms with Crippen molar-refractivity contribution in [3.05, 3.63) is 35.4 Å². The van der Waals surface area contributed by atoms with Gasteiger partial charge in [0, 0.05) is 0 Å². The van der Waals surface area contributed by atoms with E-state index in [1.165, 1.54) is 7.11 Å². The fourth-order valence-electron chi connectivity index (χ4n) is 1.87. The van der Waals surface area contributed by atoms with E-state index in [-0.39, 0.29) is 11.9 Å². The Morgan fingerprint density at radius 3 is 2.18 bits per heavy atom. The van der Waals surface area contributed by atoms with Gasteiger partial charge >= 0.3 is 5.97 Å². The first-order chi connectivity index (χ1) is 7.97. The number of aliphatic hydroxyl groups is 1. The maximum Gasteiger partial charge on any atom is 0.311 e. The van der Waals surface area contributed by atoms with Crippen molar-refractivity contribution in [1.82, 2.24) is 0 Å². The summed E-state index contributed by atoms with van der Waals surface area (Å²) in [5.41, 5.74) is 1.87. The number of ether oxygens (including phenoxy) is 1. The van der Waals surface area contributed by atoms with Crippen LogP contribution in [0.3, 0.4) is 0 Å². The van der Waals surface area contributed by atoms with Gasteiger partial charge in [-0.2, -0.15) is 0 Å². The van der Waals surface area contributed by atoms with Gasteiger partial charge in [-0.05, 0) is 18.4 Å². The normalized spacial score (nSPS) is 14.5. The van der Waals surface area contributed by atoms with Gasteiger partial charge in [0.05, 0.1) is 19.1 Å².